The molecule has 1 saturated carbocycles. The molecule has 4 heteroatoms. The van der Waals surface area contributed by atoms with Crippen LogP contribution in [-0.2, 0) is 4.74 Å². The number of hydrogen-bond donors (Lipinski definition) is 3. The van der Waals surface area contributed by atoms with Crippen LogP contribution in [-0.4, -0.2) is 47.7 Å². The van der Waals surface area contributed by atoms with E-state index in [1.165, 1.54) is 12.8 Å². The summed E-state index contributed by atoms with van der Waals surface area (Å²) in [4.78, 5) is 0. The maximum atomic E-state index is 10.0. The van der Waals surface area contributed by atoms with Gasteiger partial charge >= 0.3 is 0 Å². The average Bonchev–Trinajstić information content (AvgIpc) is 2.45. The Morgan fingerprint density at radius 1 is 1.30 bits per heavy atom. The number of hydrogen-bond acceptors (Lipinski definition) is 4. The molecule has 0 aliphatic heterocycles. The fraction of sp³-hybridized carbons (Fsp3) is 1.00. The predicted octanol–water partition coefficient (Wildman–Crippen LogP) is 2.08. The summed E-state index contributed by atoms with van der Waals surface area (Å²) in [6.07, 6.45) is 6.22. The lowest BCUT2D eigenvalue weighted by atomic mass is 9.89. The quantitative estimate of drug-likeness (QED) is 0.607. The molecule has 0 radical (unpaired) electrons. The van der Waals surface area contributed by atoms with Gasteiger partial charge in [-0.25, -0.2) is 0 Å². The third-order valence-electron chi connectivity index (χ3n) is 4.70. The molecule has 0 amide bonds. The lowest BCUT2D eigenvalue weighted by Crippen LogP contribution is -2.47. The van der Waals surface area contributed by atoms with Crippen molar-refractivity contribution in [2.75, 3.05) is 19.8 Å². The Morgan fingerprint density at radius 3 is 2.50 bits per heavy atom. The molecular weight excluding hydrogens is 254 g/mol. The third-order valence-corrected chi connectivity index (χ3v) is 4.70. The van der Waals surface area contributed by atoms with Gasteiger partial charge in [-0.15, -0.1) is 0 Å². The summed E-state index contributed by atoms with van der Waals surface area (Å²) < 4.78 is 5.81. The van der Waals surface area contributed by atoms with Crippen LogP contribution in [0.25, 0.3) is 0 Å². The van der Waals surface area contributed by atoms with Crippen molar-refractivity contribution < 1.29 is 14.9 Å². The standard InChI is InChI=1S/C16H33NO3/c1-4-16(3,9-10-18)17-11-14(19)12-20-15-7-5-13(2)6-8-15/h13-15,17-19H,4-12H2,1-3H3. The molecule has 1 fully saturated rings. The summed E-state index contributed by atoms with van der Waals surface area (Å²) in [5.74, 6) is 0.824. The highest BCUT2D eigenvalue weighted by atomic mass is 16.5. The first-order valence-electron chi connectivity index (χ1n) is 8.14. The Bertz CT molecular complexity index is 254. The monoisotopic (exact) mass is 287 g/mol. The topological polar surface area (TPSA) is 61.7 Å². The van der Waals surface area contributed by atoms with Crippen molar-refractivity contribution in [1.29, 1.82) is 0 Å². The minimum absolute atomic E-state index is 0.101. The van der Waals surface area contributed by atoms with E-state index >= 15 is 0 Å². The molecule has 0 aromatic rings. The van der Waals surface area contributed by atoms with Gasteiger partial charge in [-0.05, 0) is 51.4 Å². The average molecular weight is 287 g/mol. The highest BCUT2D eigenvalue weighted by Gasteiger charge is 2.23. The number of aliphatic hydroxyl groups is 2. The second-order valence-corrected chi connectivity index (χ2v) is 6.64. The lowest BCUT2D eigenvalue weighted by molar-refractivity contribution is -0.0298. The number of ether oxygens (including phenoxy) is 1. The molecule has 1 aliphatic rings. The number of nitrogens with one attached hydrogen (secondary N) is 1. The van der Waals surface area contributed by atoms with E-state index in [4.69, 9.17) is 9.84 Å². The summed E-state index contributed by atoms with van der Waals surface area (Å²) in [5.41, 5.74) is -0.101. The van der Waals surface area contributed by atoms with Crippen LogP contribution in [0.5, 0.6) is 0 Å². The molecule has 3 N–H and O–H groups in total. The van der Waals surface area contributed by atoms with Crippen LogP contribution in [0.2, 0.25) is 0 Å². The van der Waals surface area contributed by atoms with Crippen LogP contribution in [0.1, 0.15) is 59.3 Å². The Kier molecular flexibility index (Phi) is 8.03. The molecule has 1 rings (SSSR count). The largest absolute Gasteiger partial charge is 0.396 e. The van der Waals surface area contributed by atoms with Gasteiger partial charge in [0.1, 0.15) is 0 Å². The molecule has 0 aromatic heterocycles. The molecule has 2 unspecified atom stereocenters. The van der Waals surface area contributed by atoms with E-state index in [0.29, 0.717) is 25.7 Å². The molecular formula is C16H33NO3. The van der Waals surface area contributed by atoms with Crippen LogP contribution in [0.3, 0.4) is 0 Å². The number of β-amino-alcohol motifs (C(OH)–C–C–N with tert-alkyl or cyclic N) is 1. The Morgan fingerprint density at radius 2 is 1.95 bits per heavy atom. The molecule has 0 saturated heterocycles. The Hall–Kier alpha value is -0.160. The zero-order valence-electron chi connectivity index (χ0n) is 13.4. The van der Waals surface area contributed by atoms with Gasteiger partial charge in [0.25, 0.3) is 0 Å². The van der Waals surface area contributed by atoms with E-state index in [2.05, 4.69) is 26.1 Å². The molecule has 120 valence electrons. The zero-order valence-corrected chi connectivity index (χ0v) is 13.4. The van der Waals surface area contributed by atoms with Crippen molar-refractivity contribution in [2.45, 2.75) is 77.0 Å². The minimum Gasteiger partial charge on any atom is -0.396 e. The van der Waals surface area contributed by atoms with Crippen molar-refractivity contribution in [1.82, 2.24) is 5.32 Å². The van der Waals surface area contributed by atoms with Crippen molar-refractivity contribution in [2.24, 2.45) is 5.92 Å². The highest BCUT2D eigenvalue weighted by Crippen LogP contribution is 2.25. The summed E-state index contributed by atoms with van der Waals surface area (Å²) in [6, 6.07) is 0. The summed E-state index contributed by atoms with van der Waals surface area (Å²) in [5, 5.41) is 22.4. The molecule has 0 heterocycles. The fourth-order valence-corrected chi connectivity index (χ4v) is 2.70. The van der Waals surface area contributed by atoms with Crippen LogP contribution < -0.4 is 5.32 Å². The fourth-order valence-electron chi connectivity index (χ4n) is 2.70. The van der Waals surface area contributed by atoms with Crippen molar-refractivity contribution in [3.63, 3.8) is 0 Å². The SMILES string of the molecule is CCC(C)(CCO)NCC(O)COC1CCC(C)CC1. The summed E-state index contributed by atoms with van der Waals surface area (Å²) in [7, 11) is 0. The second kappa shape index (κ2) is 8.98. The summed E-state index contributed by atoms with van der Waals surface area (Å²) >= 11 is 0. The molecule has 4 nitrogen and oxygen atoms in total. The normalized spacial score (nSPS) is 28.1. The van der Waals surface area contributed by atoms with E-state index in [0.717, 1.165) is 25.2 Å². The van der Waals surface area contributed by atoms with Crippen LogP contribution >= 0.6 is 0 Å². The molecule has 0 spiro atoms. The highest BCUT2D eigenvalue weighted by molar-refractivity contribution is 4.82. The number of rotatable bonds is 9. The minimum atomic E-state index is -0.473. The lowest BCUT2D eigenvalue weighted by Gasteiger charge is -2.31. The first-order valence-corrected chi connectivity index (χ1v) is 8.14. The second-order valence-electron chi connectivity index (χ2n) is 6.64. The Labute approximate surface area is 123 Å². The van der Waals surface area contributed by atoms with E-state index in [-0.39, 0.29) is 12.1 Å². The van der Waals surface area contributed by atoms with Gasteiger partial charge in [0, 0.05) is 18.7 Å². The maximum Gasteiger partial charge on any atom is 0.0898 e. The van der Waals surface area contributed by atoms with E-state index in [9.17, 15) is 5.11 Å². The molecule has 0 bridgehead atoms. The van der Waals surface area contributed by atoms with E-state index in [1.807, 2.05) is 0 Å². The summed E-state index contributed by atoms with van der Waals surface area (Å²) in [6.45, 7) is 7.57. The molecule has 20 heavy (non-hydrogen) atoms. The first kappa shape index (κ1) is 17.9. The van der Waals surface area contributed by atoms with Gasteiger partial charge in [-0.2, -0.15) is 0 Å². The van der Waals surface area contributed by atoms with Crippen LogP contribution in [0.15, 0.2) is 0 Å². The smallest absolute Gasteiger partial charge is 0.0898 e. The third kappa shape index (κ3) is 6.53. The van der Waals surface area contributed by atoms with Gasteiger partial charge in [0.05, 0.1) is 18.8 Å². The van der Waals surface area contributed by atoms with Crippen molar-refractivity contribution in [3.05, 3.63) is 0 Å². The van der Waals surface area contributed by atoms with Crippen molar-refractivity contribution >= 4 is 0 Å². The van der Waals surface area contributed by atoms with Gasteiger partial charge in [-0.3, -0.25) is 0 Å². The van der Waals surface area contributed by atoms with Gasteiger partial charge in [-0.1, -0.05) is 13.8 Å². The maximum absolute atomic E-state index is 10.0. The Balaban J connectivity index is 2.18. The zero-order chi connectivity index (χ0) is 15.0. The molecule has 1 aliphatic carbocycles. The molecule has 2 atom stereocenters. The van der Waals surface area contributed by atoms with Crippen LogP contribution in [0.4, 0.5) is 0 Å². The van der Waals surface area contributed by atoms with Crippen LogP contribution in [0, 0.1) is 5.92 Å². The van der Waals surface area contributed by atoms with Crippen molar-refractivity contribution in [3.8, 4) is 0 Å². The van der Waals surface area contributed by atoms with Gasteiger partial charge < -0.3 is 20.3 Å². The predicted molar refractivity (Wildman–Crippen MR) is 81.8 cm³/mol. The van der Waals surface area contributed by atoms with Gasteiger partial charge in [0.2, 0.25) is 0 Å². The van der Waals surface area contributed by atoms with E-state index < -0.39 is 6.10 Å². The van der Waals surface area contributed by atoms with Gasteiger partial charge in [0.15, 0.2) is 0 Å². The van der Waals surface area contributed by atoms with E-state index in [1.54, 1.807) is 0 Å². The number of aliphatic hydroxyl groups excluding tert-OH is 2. The first-order chi connectivity index (χ1) is 9.49. The molecule has 0 aromatic carbocycles.